The van der Waals surface area contributed by atoms with Crippen LogP contribution in [-0.4, -0.2) is 312 Å². The quantitative estimate of drug-likeness (QED) is 0.0680. The van der Waals surface area contributed by atoms with Crippen LogP contribution in [0.5, 0.6) is 0 Å². The highest BCUT2D eigenvalue weighted by Crippen LogP contribution is 2.58. The lowest BCUT2D eigenvalue weighted by molar-refractivity contribution is -0.415. The maximum Gasteiger partial charge on any atom is 0.384 e. The molecule has 0 amide bonds. The summed E-state index contributed by atoms with van der Waals surface area (Å²) in [7, 11) is 0. The smallest absolute Gasteiger partial charge is 0.384 e. The summed E-state index contributed by atoms with van der Waals surface area (Å²) >= 11 is 0. The molecule has 0 aliphatic heterocycles. The van der Waals surface area contributed by atoms with E-state index in [0.29, 0.717) is 205 Å². The van der Waals surface area contributed by atoms with E-state index in [0.717, 1.165) is 0 Å². The molecule has 0 atom stereocenters. The lowest BCUT2D eigenvalue weighted by atomic mass is 9.94. The van der Waals surface area contributed by atoms with E-state index in [9.17, 15) is 52.7 Å². The lowest BCUT2D eigenvalue weighted by Gasteiger charge is -2.39. The van der Waals surface area contributed by atoms with Crippen LogP contribution in [-0.2, 0) is 94.7 Å². The lowest BCUT2D eigenvalue weighted by Crippen LogP contribution is -2.69. The van der Waals surface area contributed by atoms with E-state index < -0.39 is 55.9 Å². The van der Waals surface area contributed by atoms with Crippen molar-refractivity contribution in [2.24, 2.45) is 0 Å². The van der Waals surface area contributed by atoms with Crippen LogP contribution in [0.2, 0.25) is 0 Å². The molecule has 21 nitrogen and oxygen atoms in total. The summed E-state index contributed by atoms with van der Waals surface area (Å²) in [5.41, 5.74) is 0. The largest absolute Gasteiger partial charge is 0.394 e. The Morgan fingerprint density at radius 2 is 0.362 bits per heavy atom. The number of ether oxygens (including phenoxy) is 20. The third-order valence-corrected chi connectivity index (χ3v) is 9.53. The zero-order valence-electron chi connectivity index (χ0n) is 45.2. The van der Waals surface area contributed by atoms with Gasteiger partial charge in [0.05, 0.1) is 264 Å². The van der Waals surface area contributed by atoms with Crippen LogP contribution in [0.4, 0.5) is 52.7 Å². The molecule has 0 fully saturated rings. The molecule has 0 radical (unpaired) electrons. The van der Waals surface area contributed by atoms with Crippen LogP contribution in [0.25, 0.3) is 0 Å². The molecule has 0 spiro atoms. The first-order chi connectivity index (χ1) is 38.5. The number of aliphatic hydroxyl groups is 1. The van der Waals surface area contributed by atoms with Gasteiger partial charge in [-0.2, -0.15) is 43.9 Å². The van der Waals surface area contributed by atoms with Crippen molar-refractivity contribution in [3.05, 3.63) is 0 Å². The zero-order chi connectivity index (χ0) is 59.2. The fourth-order valence-corrected chi connectivity index (χ4v) is 5.31. The van der Waals surface area contributed by atoms with Crippen molar-refractivity contribution in [3.8, 4) is 0 Å². The van der Waals surface area contributed by atoms with Gasteiger partial charge in [0.2, 0.25) is 0 Å². The third kappa shape index (κ3) is 40.6. The topological polar surface area (TPSA) is 205 Å². The highest BCUT2D eigenvalue weighted by atomic mass is 19.4. The Morgan fingerprint density at radius 1 is 0.212 bits per heavy atom. The second-order valence-electron chi connectivity index (χ2n) is 15.8. The van der Waals surface area contributed by atoms with Gasteiger partial charge in [0.25, 0.3) is 0 Å². The van der Waals surface area contributed by atoms with Crippen LogP contribution in [0, 0.1) is 0 Å². The van der Waals surface area contributed by atoms with Crippen LogP contribution < -0.4 is 0 Å². The van der Waals surface area contributed by atoms with Crippen molar-refractivity contribution in [2.75, 3.05) is 271 Å². The van der Waals surface area contributed by atoms with Gasteiger partial charge >= 0.3 is 36.0 Å². The van der Waals surface area contributed by atoms with Gasteiger partial charge in [0.15, 0.2) is 0 Å². The standard InChI is InChI=1S/C47H84F12O21/c48-42(49)44(52,53)46(56,57)47(58,59)45(54,55)43(50,51)41-80-40-39-79-38-37-78-36-35-77-34-33-76-32-31-75-30-29-74-28-27-73-26-25-72-24-23-71-22-21-70-20-19-69-18-17-68-16-15-67-14-13-66-12-11-65-10-9-64-8-7-63-6-5-62-4-3-61-2-1-60/h42,60H,1-41H2. The van der Waals surface area contributed by atoms with Gasteiger partial charge in [-0.1, -0.05) is 0 Å². The van der Waals surface area contributed by atoms with Crippen molar-refractivity contribution in [3.63, 3.8) is 0 Å². The molecule has 482 valence electrons. The Kier molecular flexibility index (Phi) is 51.7. The SMILES string of the molecule is OCCOCCOCCOCCOCCOCCOCCOCCOCCOCCOCCOCCOCCOCCOCCOCCOCCOCCOCCOCCOCC(F)(F)C(F)(F)C(F)(F)C(F)(F)C(F)(F)C(F)F. The minimum Gasteiger partial charge on any atom is -0.394 e. The molecule has 1 N–H and O–H groups in total. The van der Waals surface area contributed by atoms with Crippen molar-refractivity contribution >= 4 is 0 Å². The predicted molar refractivity (Wildman–Crippen MR) is 254 cm³/mol. The molecule has 0 saturated heterocycles. The van der Waals surface area contributed by atoms with E-state index in [1.54, 1.807) is 0 Å². The average Bonchev–Trinajstić information content (AvgIpc) is 3.42. The van der Waals surface area contributed by atoms with Gasteiger partial charge in [0, 0.05) is 0 Å². The Bertz CT molecular complexity index is 1320. The number of alkyl halides is 12. The number of hydrogen-bond acceptors (Lipinski definition) is 21. The van der Waals surface area contributed by atoms with Crippen LogP contribution in [0.3, 0.4) is 0 Å². The Labute approximate surface area is 459 Å². The summed E-state index contributed by atoms with van der Waals surface area (Å²) < 4.78 is 264. The van der Waals surface area contributed by atoms with E-state index in [1.165, 1.54) is 0 Å². The van der Waals surface area contributed by atoms with Gasteiger partial charge in [-0.05, 0) is 0 Å². The summed E-state index contributed by atoms with van der Waals surface area (Å²) in [4.78, 5) is 0. The highest BCUT2D eigenvalue weighted by Gasteiger charge is 2.87. The predicted octanol–water partition coefficient (Wildman–Crippen LogP) is 3.75. The molecule has 80 heavy (non-hydrogen) atoms. The normalized spacial score (nSPS) is 13.0. The van der Waals surface area contributed by atoms with E-state index in [2.05, 4.69) is 4.74 Å². The molecule has 0 aromatic heterocycles. The van der Waals surface area contributed by atoms with Gasteiger partial charge in [0.1, 0.15) is 6.61 Å². The fraction of sp³-hybridized carbons (Fsp3) is 1.00. The molecular weight excluding hydrogens is 1130 g/mol. The molecule has 0 heterocycles. The molecular formula is C47H84F12O21. The van der Waals surface area contributed by atoms with E-state index in [4.69, 9.17) is 95.1 Å². The summed E-state index contributed by atoms with van der Waals surface area (Å²) in [5.74, 6) is -35.6. The van der Waals surface area contributed by atoms with Crippen LogP contribution >= 0.6 is 0 Å². The zero-order valence-corrected chi connectivity index (χ0v) is 45.2. The summed E-state index contributed by atoms with van der Waals surface area (Å²) in [6.07, 6.45) is -5.56. The van der Waals surface area contributed by atoms with Gasteiger partial charge in [-0.3, -0.25) is 0 Å². The van der Waals surface area contributed by atoms with E-state index >= 15 is 0 Å². The first-order valence-electron chi connectivity index (χ1n) is 25.8. The molecule has 0 bridgehead atoms. The average molecular weight is 1210 g/mol. The van der Waals surface area contributed by atoms with E-state index in [-0.39, 0.29) is 46.2 Å². The first kappa shape index (κ1) is 78.3. The second kappa shape index (κ2) is 52.8. The Balaban J connectivity index is 3.31. The molecule has 0 rings (SSSR count). The van der Waals surface area contributed by atoms with Crippen LogP contribution in [0.1, 0.15) is 0 Å². The minimum absolute atomic E-state index is 0.00242. The second-order valence-corrected chi connectivity index (χ2v) is 15.8. The number of hydrogen-bond donors (Lipinski definition) is 1. The Hall–Kier alpha value is -1.68. The highest BCUT2D eigenvalue weighted by molar-refractivity contribution is 5.09. The molecule has 33 heteroatoms. The Morgan fingerprint density at radius 3 is 0.512 bits per heavy atom. The maximum atomic E-state index is 13.7. The van der Waals surface area contributed by atoms with Gasteiger partial charge < -0.3 is 99.8 Å². The van der Waals surface area contributed by atoms with Gasteiger partial charge in [-0.25, -0.2) is 8.78 Å². The molecule has 0 aromatic rings. The summed E-state index contributed by atoms with van der Waals surface area (Å²) in [5, 5.41) is 8.60. The maximum absolute atomic E-state index is 13.7. The van der Waals surface area contributed by atoms with Crippen molar-refractivity contribution in [1.29, 1.82) is 0 Å². The van der Waals surface area contributed by atoms with Crippen molar-refractivity contribution < 1.29 is 153 Å². The third-order valence-electron chi connectivity index (χ3n) is 9.53. The number of aliphatic hydroxyl groups excluding tert-OH is 1. The molecule has 0 aliphatic carbocycles. The van der Waals surface area contributed by atoms with Crippen molar-refractivity contribution in [2.45, 2.75) is 36.0 Å². The van der Waals surface area contributed by atoms with Gasteiger partial charge in [-0.15, -0.1) is 0 Å². The minimum atomic E-state index is -7.60. The molecule has 0 aliphatic rings. The number of rotatable bonds is 66. The molecule has 0 unspecified atom stereocenters. The fourth-order valence-electron chi connectivity index (χ4n) is 5.31. The van der Waals surface area contributed by atoms with Crippen LogP contribution in [0.15, 0.2) is 0 Å². The summed E-state index contributed by atoms with van der Waals surface area (Å²) in [6, 6.07) is 0. The number of halogens is 12. The summed E-state index contributed by atoms with van der Waals surface area (Å²) in [6.45, 7) is 9.47. The van der Waals surface area contributed by atoms with Crippen molar-refractivity contribution in [1.82, 2.24) is 0 Å². The monoisotopic (exact) mass is 1210 g/mol. The molecule has 0 aromatic carbocycles. The molecule has 0 saturated carbocycles. The first-order valence-corrected chi connectivity index (χ1v) is 25.8. The van der Waals surface area contributed by atoms with E-state index in [1.807, 2.05) is 0 Å².